The van der Waals surface area contributed by atoms with E-state index in [4.69, 9.17) is 4.65 Å². The van der Waals surface area contributed by atoms with Gasteiger partial charge in [0.25, 0.3) is 0 Å². The number of carboxylic acid groups (broad SMARTS) is 1. The quantitative estimate of drug-likeness (QED) is 0.433. The molecule has 0 amide bonds. The lowest BCUT2D eigenvalue weighted by molar-refractivity contribution is -0.120. The van der Waals surface area contributed by atoms with Crippen molar-refractivity contribution in [3.05, 3.63) is 29.3 Å². The van der Waals surface area contributed by atoms with Crippen LogP contribution in [0.3, 0.4) is 0 Å². The number of para-hydroxylation sites is 1. The van der Waals surface area contributed by atoms with Crippen molar-refractivity contribution < 1.29 is 24.4 Å². The fourth-order valence-electron chi connectivity index (χ4n) is 4.58. The minimum atomic E-state index is -1.15. The molecule has 1 aliphatic carbocycles. The maximum Gasteiger partial charge on any atom is 0.526 e. The van der Waals surface area contributed by atoms with E-state index in [1.165, 1.54) is 18.9 Å². The zero-order valence-corrected chi connectivity index (χ0v) is 17.2. The van der Waals surface area contributed by atoms with Gasteiger partial charge >= 0.3 is 13.1 Å². The largest absolute Gasteiger partial charge is 0.535 e. The molecular weight excluding hydrogens is 369 g/mol. The number of nitrogens with one attached hydrogen (secondary N) is 1. The third kappa shape index (κ3) is 5.83. The summed E-state index contributed by atoms with van der Waals surface area (Å²) in [6, 6.07) is 5.53. The van der Waals surface area contributed by atoms with Gasteiger partial charge in [0.1, 0.15) is 11.5 Å². The molecule has 29 heavy (non-hydrogen) atoms. The maximum atomic E-state index is 12.6. The number of hydrogen-bond donors (Lipinski definition) is 3. The number of carbonyl (C=O) groups excluding carboxylic acids is 1. The standard InChI is InChI=1S/C22H32BNO5/c1-2-3-11-24-18-9-7-15(8-10-18)12-19(25)14-17-13-16-5-4-6-20(22(26)27)21(16)29-23(17)28/h4-6,15,17-18,24,28H,2-3,7-14H2,1H3,(H,26,27)/t15?,17-,18?/m1/s1. The van der Waals surface area contributed by atoms with Crippen molar-refractivity contribution in [3.8, 4) is 5.75 Å². The Hall–Kier alpha value is -1.86. The van der Waals surface area contributed by atoms with E-state index in [1.54, 1.807) is 12.1 Å². The van der Waals surface area contributed by atoms with Crippen LogP contribution >= 0.6 is 0 Å². The number of rotatable bonds is 9. The Kier molecular flexibility index (Phi) is 7.73. The van der Waals surface area contributed by atoms with Crippen LogP contribution in [0.25, 0.3) is 0 Å². The molecule has 3 rings (SSSR count). The van der Waals surface area contributed by atoms with Gasteiger partial charge in [0.15, 0.2) is 0 Å². The molecule has 1 aromatic rings. The summed E-state index contributed by atoms with van der Waals surface area (Å²) in [6.45, 7) is 3.28. The van der Waals surface area contributed by atoms with Gasteiger partial charge in [0.05, 0.1) is 5.56 Å². The zero-order valence-electron chi connectivity index (χ0n) is 17.2. The van der Waals surface area contributed by atoms with Crippen molar-refractivity contribution in [2.24, 2.45) is 5.92 Å². The molecule has 0 unspecified atom stereocenters. The highest BCUT2D eigenvalue weighted by Gasteiger charge is 2.38. The van der Waals surface area contributed by atoms with E-state index in [-0.39, 0.29) is 29.3 Å². The molecule has 6 nitrogen and oxygen atoms in total. The van der Waals surface area contributed by atoms with Gasteiger partial charge in [-0.15, -0.1) is 0 Å². The number of Topliss-reactive ketones (excluding diaryl/α,β-unsaturated/α-hetero) is 1. The van der Waals surface area contributed by atoms with Crippen LogP contribution in [0.15, 0.2) is 18.2 Å². The van der Waals surface area contributed by atoms with Crippen LogP contribution in [0.4, 0.5) is 0 Å². The van der Waals surface area contributed by atoms with Gasteiger partial charge in [-0.25, -0.2) is 4.79 Å². The van der Waals surface area contributed by atoms with E-state index >= 15 is 0 Å². The van der Waals surface area contributed by atoms with Crippen molar-refractivity contribution in [2.45, 2.75) is 76.6 Å². The van der Waals surface area contributed by atoms with Crippen molar-refractivity contribution in [1.82, 2.24) is 5.32 Å². The average molecular weight is 401 g/mol. The number of ketones is 1. The number of carbonyl (C=O) groups is 2. The predicted molar refractivity (Wildman–Crippen MR) is 112 cm³/mol. The highest BCUT2D eigenvalue weighted by atomic mass is 16.5. The lowest BCUT2D eigenvalue weighted by Gasteiger charge is -2.30. The summed E-state index contributed by atoms with van der Waals surface area (Å²) in [5, 5.41) is 23.2. The van der Waals surface area contributed by atoms with Crippen LogP contribution < -0.4 is 9.97 Å². The number of hydrogen-bond acceptors (Lipinski definition) is 5. The Balaban J connectivity index is 1.48. The number of benzene rings is 1. The van der Waals surface area contributed by atoms with Crippen LogP contribution in [-0.4, -0.2) is 41.6 Å². The van der Waals surface area contributed by atoms with Gasteiger partial charge in [0, 0.05) is 24.7 Å². The summed E-state index contributed by atoms with van der Waals surface area (Å²) in [6.07, 6.45) is 8.10. The first kappa shape index (κ1) is 21.8. The normalized spacial score (nSPS) is 23.9. The highest BCUT2D eigenvalue weighted by Crippen LogP contribution is 2.37. The predicted octanol–water partition coefficient (Wildman–Crippen LogP) is 3.47. The molecule has 1 aliphatic heterocycles. The molecular formula is C22H32BNO5. The van der Waals surface area contributed by atoms with Crippen molar-refractivity contribution >= 4 is 18.9 Å². The van der Waals surface area contributed by atoms with Crippen molar-refractivity contribution in [3.63, 3.8) is 0 Å². The summed E-state index contributed by atoms with van der Waals surface area (Å²) in [5.41, 5.74) is 0.794. The third-order valence-corrected chi connectivity index (χ3v) is 6.27. The molecule has 1 saturated carbocycles. The van der Waals surface area contributed by atoms with E-state index in [1.807, 2.05) is 0 Å². The summed E-state index contributed by atoms with van der Waals surface area (Å²) in [5.74, 6) is -0.586. The minimum absolute atomic E-state index is 0.0515. The Morgan fingerprint density at radius 3 is 2.66 bits per heavy atom. The average Bonchev–Trinajstić information content (AvgIpc) is 2.69. The topological polar surface area (TPSA) is 95.9 Å². The van der Waals surface area contributed by atoms with E-state index in [0.29, 0.717) is 24.8 Å². The molecule has 1 heterocycles. The molecule has 1 aromatic carbocycles. The van der Waals surface area contributed by atoms with Crippen molar-refractivity contribution in [1.29, 1.82) is 0 Å². The first-order valence-corrected chi connectivity index (χ1v) is 10.9. The summed E-state index contributed by atoms with van der Waals surface area (Å²) >= 11 is 0. The molecule has 3 N–H and O–H groups in total. The van der Waals surface area contributed by atoms with Crippen molar-refractivity contribution in [2.75, 3.05) is 6.54 Å². The Labute approximate surface area is 173 Å². The second kappa shape index (κ2) is 10.3. The van der Waals surface area contributed by atoms with Crippen LogP contribution in [-0.2, 0) is 11.2 Å². The van der Waals surface area contributed by atoms with Gasteiger partial charge in [0.2, 0.25) is 0 Å². The van der Waals surface area contributed by atoms with Gasteiger partial charge in [-0.3, -0.25) is 4.79 Å². The maximum absolute atomic E-state index is 12.6. The molecule has 0 radical (unpaired) electrons. The van der Waals surface area contributed by atoms with Crippen LogP contribution in [0, 0.1) is 5.92 Å². The summed E-state index contributed by atoms with van der Waals surface area (Å²) < 4.78 is 5.50. The van der Waals surface area contributed by atoms with Crippen LogP contribution in [0.5, 0.6) is 5.75 Å². The molecule has 0 bridgehead atoms. The number of carboxylic acids is 1. The molecule has 0 saturated heterocycles. The molecule has 0 aromatic heterocycles. The second-order valence-corrected chi connectivity index (χ2v) is 8.54. The van der Waals surface area contributed by atoms with E-state index in [0.717, 1.165) is 37.8 Å². The molecule has 1 atom stereocenters. The first-order valence-electron chi connectivity index (χ1n) is 10.9. The van der Waals surface area contributed by atoms with E-state index in [9.17, 15) is 19.7 Å². The van der Waals surface area contributed by atoms with E-state index < -0.39 is 13.1 Å². The monoisotopic (exact) mass is 401 g/mol. The van der Waals surface area contributed by atoms with Crippen LogP contribution in [0.2, 0.25) is 5.82 Å². The van der Waals surface area contributed by atoms with Gasteiger partial charge in [-0.1, -0.05) is 25.5 Å². The molecule has 0 spiro atoms. The number of aromatic carboxylic acids is 1. The van der Waals surface area contributed by atoms with E-state index in [2.05, 4.69) is 12.2 Å². The third-order valence-electron chi connectivity index (χ3n) is 6.27. The fraction of sp³-hybridized carbons (Fsp3) is 0.636. The van der Waals surface area contributed by atoms with Gasteiger partial charge in [-0.05, 0) is 62.6 Å². The first-order chi connectivity index (χ1) is 14.0. The zero-order chi connectivity index (χ0) is 20.8. The fourth-order valence-corrected chi connectivity index (χ4v) is 4.58. The highest BCUT2D eigenvalue weighted by molar-refractivity contribution is 6.47. The molecule has 7 heteroatoms. The molecule has 158 valence electrons. The lowest BCUT2D eigenvalue weighted by atomic mass is 9.64. The Morgan fingerprint density at radius 2 is 1.97 bits per heavy atom. The minimum Gasteiger partial charge on any atom is -0.535 e. The van der Waals surface area contributed by atoms with Crippen LogP contribution in [0.1, 0.15) is 74.2 Å². The lowest BCUT2D eigenvalue weighted by Crippen LogP contribution is -2.36. The van der Waals surface area contributed by atoms with Gasteiger partial charge < -0.3 is 20.1 Å². The van der Waals surface area contributed by atoms with Gasteiger partial charge in [-0.2, -0.15) is 0 Å². The smallest absolute Gasteiger partial charge is 0.526 e. The molecule has 1 fully saturated rings. The summed E-state index contributed by atoms with van der Waals surface area (Å²) in [4.78, 5) is 24.0. The number of fused-ring (bicyclic) bond motifs is 1. The second-order valence-electron chi connectivity index (χ2n) is 8.54. The SMILES string of the molecule is CCCCNC1CCC(CC(=O)C[C@H]2Cc3cccc(C(=O)O)c3OB2O)CC1. The molecule has 2 aliphatic rings. The Morgan fingerprint density at radius 1 is 1.21 bits per heavy atom. The number of unbranched alkanes of at least 4 members (excludes halogenated alkanes) is 1. The Bertz CT molecular complexity index is 717. The summed E-state index contributed by atoms with van der Waals surface area (Å²) in [7, 11) is -1.15.